The first-order valence-corrected chi connectivity index (χ1v) is 7.13. The zero-order chi connectivity index (χ0) is 14.6. The first-order chi connectivity index (χ1) is 9.54. The second-order valence-corrected chi connectivity index (χ2v) is 5.97. The van der Waals surface area contributed by atoms with Crippen LogP contribution in [-0.2, 0) is 0 Å². The maximum Gasteiger partial charge on any atom is 0.253 e. The van der Waals surface area contributed by atoms with Crippen LogP contribution in [0.2, 0.25) is 0 Å². The number of nitrogens with one attached hydrogen (secondary N) is 2. The van der Waals surface area contributed by atoms with Crippen LogP contribution in [0.1, 0.15) is 30.1 Å². The zero-order valence-electron chi connectivity index (χ0n) is 12.6. The molecule has 0 bridgehead atoms. The Hall–Kier alpha value is -1.62. The standard InChI is InChI=1S/C15H24N4O/c1-15(5-8-19(3)9-6-15)11-18-14(20)12-4-7-17-10-13(12)16-2/h4,7,10,16H,5-6,8-9,11H2,1-3H3,(H,18,20). The third-order valence-corrected chi connectivity index (χ3v) is 4.20. The van der Waals surface area contributed by atoms with E-state index >= 15 is 0 Å². The predicted molar refractivity (Wildman–Crippen MR) is 81.0 cm³/mol. The van der Waals surface area contributed by atoms with Crippen molar-refractivity contribution in [2.24, 2.45) is 5.41 Å². The topological polar surface area (TPSA) is 57.3 Å². The molecule has 2 rings (SSSR count). The van der Waals surface area contributed by atoms with Crippen molar-refractivity contribution in [3.8, 4) is 0 Å². The zero-order valence-corrected chi connectivity index (χ0v) is 12.6. The fraction of sp³-hybridized carbons (Fsp3) is 0.600. The number of hydrogen-bond donors (Lipinski definition) is 2. The van der Waals surface area contributed by atoms with Crippen molar-refractivity contribution in [3.63, 3.8) is 0 Å². The minimum atomic E-state index is -0.0306. The van der Waals surface area contributed by atoms with Crippen molar-refractivity contribution in [2.45, 2.75) is 19.8 Å². The molecule has 0 atom stereocenters. The molecule has 5 nitrogen and oxygen atoms in total. The highest BCUT2D eigenvalue weighted by Crippen LogP contribution is 2.29. The molecule has 0 saturated carbocycles. The summed E-state index contributed by atoms with van der Waals surface area (Å²) in [5, 5.41) is 6.07. The lowest BCUT2D eigenvalue weighted by molar-refractivity contribution is 0.0892. The van der Waals surface area contributed by atoms with E-state index in [9.17, 15) is 4.79 Å². The van der Waals surface area contributed by atoms with E-state index in [1.807, 2.05) is 0 Å². The summed E-state index contributed by atoms with van der Waals surface area (Å²) in [4.78, 5) is 18.6. The van der Waals surface area contributed by atoms with Gasteiger partial charge < -0.3 is 15.5 Å². The molecule has 1 amide bonds. The summed E-state index contributed by atoms with van der Waals surface area (Å²) in [5.74, 6) is -0.0306. The molecular weight excluding hydrogens is 252 g/mol. The molecule has 0 spiro atoms. The Morgan fingerprint density at radius 2 is 2.15 bits per heavy atom. The summed E-state index contributed by atoms with van der Waals surface area (Å²) in [5.41, 5.74) is 1.62. The van der Waals surface area contributed by atoms with Crippen LogP contribution in [0.15, 0.2) is 18.5 Å². The van der Waals surface area contributed by atoms with Gasteiger partial charge in [0.2, 0.25) is 0 Å². The molecule has 1 aromatic heterocycles. The highest BCUT2D eigenvalue weighted by atomic mass is 16.1. The van der Waals surface area contributed by atoms with Gasteiger partial charge in [-0.05, 0) is 44.5 Å². The van der Waals surface area contributed by atoms with Crippen LogP contribution in [0.25, 0.3) is 0 Å². The lowest BCUT2D eigenvalue weighted by atomic mass is 9.80. The maximum absolute atomic E-state index is 12.3. The number of carbonyl (C=O) groups is 1. The van der Waals surface area contributed by atoms with Crippen LogP contribution in [0.3, 0.4) is 0 Å². The van der Waals surface area contributed by atoms with Gasteiger partial charge in [-0.1, -0.05) is 6.92 Å². The van der Waals surface area contributed by atoms with Crippen molar-refractivity contribution in [1.82, 2.24) is 15.2 Å². The van der Waals surface area contributed by atoms with E-state index in [1.54, 1.807) is 25.5 Å². The van der Waals surface area contributed by atoms with E-state index in [4.69, 9.17) is 0 Å². The molecule has 0 aromatic carbocycles. The molecule has 1 aromatic rings. The lowest BCUT2D eigenvalue weighted by Crippen LogP contribution is -2.43. The molecule has 1 fully saturated rings. The maximum atomic E-state index is 12.3. The number of hydrogen-bond acceptors (Lipinski definition) is 4. The summed E-state index contributed by atoms with van der Waals surface area (Å²) in [6.45, 7) is 5.18. The van der Waals surface area contributed by atoms with Gasteiger partial charge in [0.1, 0.15) is 0 Å². The average Bonchev–Trinajstić information content (AvgIpc) is 2.48. The first kappa shape index (κ1) is 14.8. The molecule has 0 radical (unpaired) electrons. The molecule has 1 aliphatic rings. The molecule has 0 aliphatic carbocycles. The van der Waals surface area contributed by atoms with Gasteiger partial charge in [0.25, 0.3) is 5.91 Å². The van der Waals surface area contributed by atoms with Crippen molar-refractivity contribution < 1.29 is 4.79 Å². The monoisotopic (exact) mass is 276 g/mol. The van der Waals surface area contributed by atoms with E-state index < -0.39 is 0 Å². The summed E-state index contributed by atoms with van der Waals surface area (Å²) in [6.07, 6.45) is 5.57. The molecule has 0 unspecified atom stereocenters. The van der Waals surface area contributed by atoms with E-state index in [-0.39, 0.29) is 11.3 Å². The van der Waals surface area contributed by atoms with E-state index in [2.05, 4.69) is 34.5 Å². The molecule has 2 N–H and O–H groups in total. The molecule has 1 aliphatic heterocycles. The van der Waals surface area contributed by atoms with Crippen LogP contribution in [0.4, 0.5) is 5.69 Å². The number of pyridine rings is 1. The van der Waals surface area contributed by atoms with Gasteiger partial charge in [0.15, 0.2) is 0 Å². The minimum absolute atomic E-state index is 0.0306. The number of likely N-dealkylation sites (tertiary alicyclic amines) is 1. The summed E-state index contributed by atoms with van der Waals surface area (Å²) < 4.78 is 0. The minimum Gasteiger partial charge on any atom is -0.386 e. The molecule has 2 heterocycles. The van der Waals surface area contributed by atoms with E-state index in [1.165, 1.54) is 0 Å². The Morgan fingerprint density at radius 3 is 2.80 bits per heavy atom. The van der Waals surface area contributed by atoms with Crippen molar-refractivity contribution >= 4 is 11.6 Å². The van der Waals surface area contributed by atoms with Crippen molar-refractivity contribution in [1.29, 1.82) is 0 Å². The number of anilines is 1. The number of amides is 1. The fourth-order valence-electron chi connectivity index (χ4n) is 2.52. The molecule has 20 heavy (non-hydrogen) atoms. The average molecular weight is 276 g/mol. The van der Waals surface area contributed by atoms with Gasteiger partial charge in [-0.3, -0.25) is 9.78 Å². The number of rotatable bonds is 4. The Balaban J connectivity index is 1.95. The third-order valence-electron chi connectivity index (χ3n) is 4.20. The fourth-order valence-corrected chi connectivity index (χ4v) is 2.52. The van der Waals surface area contributed by atoms with Crippen molar-refractivity contribution in [3.05, 3.63) is 24.0 Å². The third kappa shape index (κ3) is 3.48. The van der Waals surface area contributed by atoms with Gasteiger partial charge in [-0.25, -0.2) is 0 Å². The summed E-state index contributed by atoms with van der Waals surface area (Å²) in [7, 11) is 3.94. The van der Waals surface area contributed by atoms with Crippen LogP contribution in [0.5, 0.6) is 0 Å². The van der Waals surface area contributed by atoms with Crippen LogP contribution in [-0.4, -0.2) is 49.5 Å². The largest absolute Gasteiger partial charge is 0.386 e. The molecule has 1 saturated heterocycles. The van der Waals surface area contributed by atoms with Gasteiger partial charge >= 0.3 is 0 Å². The second kappa shape index (κ2) is 6.22. The number of piperidine rings is 1. The van der Waals surface area contributed by atoms with Gasteiger partial charge in [0.05, 0.1) is 17.4 Å². The highest BCUT2D eigenvalue weighted by Gasteiger charge is 2.29. The quantitative estimate of drug-likeness (QED) is 0.877. The molecular formula is C15H24N4O. The normalized spacial score (nSPS) is 18.6. The number of nitrogens with zero attached hydrogens (tertiary/aromatic N) is 2. The second-order valence-electron chi connectivity index (χ2n) is 5.97. The SMILES string of the molecule is CNc1cnccc1C(=O)NCC1(C)CCN(C)CC1. The Bertz CT molecular complexity index is 467. The smallest absolute Gasteiger partial charge is 0.253 e. The highest BCUT2D eigenvalue weighted by molar-refractivity contribution is 5.99. The Morgan fingerprint density at radius 1 is 1.45 bits per heavy atom. The van der Waals surface area contributed by atoms with Gasteiger partial charge in [0, 0.05) is 19.8 Å². The Labute approximate surface area is 120 Å². The molecule has 110 valence electrons. The van der Waals surface area contributed by atoms with E-state index in [0.29, 0.717) is 5.56 Å². The van der Waals surface area contributed by atoms with Crippen LogP contribution < -0.4 is 10.6 Å². The Kier molecular flexibility index (Phi) is 4.60. The number of aromatic nitrogens is 1. The lowest BCUT2D eigenvalue weighted by Gasteiger charge is -2.38. The van der Waals surface area contributed by atoms with Crippen LogP contribution >= 0.6 is 0 Å². The summed E-state index contributed by atoms with van der Waals surface area (Å²) in [6, 6.07) is 1.75. The summed E-state index contributed by atoms with van der Waals surface area (Å²) >= 11 is 0. The van der Waals surface area contributed by atoms with Crippen LogP contribution in [0, 0.1) is 5.41 Å². The van der Waals surface area contributed by atoms with Gasteiger partial charge in [-0.2, -0.15) is 0 Å². The van der Waals surface area contributed by atoms with E-state index in [0.717, 1.165) is 38.2 Å². The van der Waals surface area contributed by atoms with Gasteiger partial charge in [-0.15, -0.1) is 0 Å². The van der Waals surface area contributed by atoms with Crippen molar-refractivity contribution in [2.75, 3.05) is 39.0 Å². The molecule has 5 heteroatoms. The first-order valence-electron chi connectivity index (χ1n) is 7.13. The predicted octanol–water partition coefficient (Wildman–Crippen LogP) is 1.58. The number of carbonyl (C=O) groups excluding carboxylic acids is 1.